The zero-order chi connectivity index (χ0) is 23.0. The Morgan fingerprint density at radius 3 is 1.61 bits per heavy atom. The first-order valence-electron chi connectivity index (χ1n) is 12.9. The number of carbonyl (C=O) groups is 2. The molecule has 0 heterocycles. The molecule has 1 fully saturated rings. The van der Waals surface area contributed by atoms with Crippen LogP contribution in [0.1, 0.15) is 117 Å². The Balaban J connectivity index is 2.56. The largest absolute Gasteiger partial charge is 0.355 e. The molecule has 0 aromatic rings. The molecule has 1 atom stereocenters. The maximum Gasteiger partial charge on any atom is 0.312 e. The van der Waals surface area contributed by atoms with Crippen molar-refractivity contribution in [1.29, 1.82) is 0 Å². The summed E-state index contributed by atoms with van der Waals surface area (Å²) in [5.41, 5.74) is 5.09. The number of rotatable bonds is 9. The van der Waals surface area contributed by atoms with Crippen LogP contribution in [0.25, 0.3) is 0 Å². The summed E-state index contributed by atoms with van der Waals surface area (Å²) in [6, 6.07) is -0.669. The zero-order valence-electron chi connectivity index (χ0n) is 20.6. The van der Waals surface area contributed by atoms with Crippen LogP contribution in [0.4, 0.5) is 4.79 Å². The summed E-state index contributed by atoms with van der Waals surface area (Å²) in [5.74, 6) is 0.333. The van der Waals surface area contributed by atoms with Gasteiger partial charge >= 0.3 is 6.03 Å². The van der Waals surface area contributed by atoms with Gasteiger partial charge in [-0.3, -0.25) is 4.79 Å². The fourth-order valence-electron chi connectivity index (χ4n) is 4.58. The Hall–Kier alpha value is -1.30. The Morgan fingerprint density at radius 2 is 1.19 bits per heavy atom. The van der Waals surface area contributed by atoms with Crippen molar-refractivity contribution in [1.82, 2.24) is 16.0 Å². The van der Waals surface area contributed by atoms with Crippen LogP contribution in [0, 0.1) is 5.92 Å². The Kier molecular flexibility index (Phi) is 14.6. The van der Waals surface area contributed by atoms with E-state index in [4.69, 9.17) is 5.73 Å². The lowest BCUT2D eigenvalue weighted by atomic mass is 9.85. The Bertz CT molecular complexity index is 482. The van der Waals surface area contributed by atoms with Gasteiger partial charge in [-0.2, -0.15) is 0 Å². The first kappa shape index (κ1) is 27.7. The second-order valence-corrected chi connectivity index (χ2v) is 10.1. The number of hydrogen-bond donors (Lipinski definition) is 4. The van der Waals surface area contributed by atoms with Crippen molar-refractivity contribution < 1.29 is 9.59 Å². The van der Waals surface area contributed by atoms with Crippen LogP contribution in [-0.4, -0.2) is 36.6 Å². The van der Waals surface area contributed by atoms with Crippen molar-refractivity contribution in [3.63, 3.8) is 0 Å². The summed E-state index contributed by atoms with van der Waals surface area (Å²) < 4.78 is 0. The van der Waals surface area contributed by atoms with Gasteiger partial charge in [0.1, 0.15) is 0 Å². The van der Waals surface area contributed by atoms with Gasteiger partial charge in [0.2, 0.25) is 5.91 Å². The van der Waals surface area contributed by atoms with E-state index < -0.39 is 6.03 Å². The van der Waals surface area contributed by atoms with Crippen LogP contribution in [-0.2, 0) is 4.79 Å². The zero-order valence-corrected chi connectivity index (χ0v) is 20.6. The fraction of sp³-hybridized carbons (Fsp3) is 0.920. The number of amides is 3. The van der Waals surface area contributed by atoms with Crippen molar-refractivity contribution in [3.05, 3.63) is 0 Å². The van der Waals surface area contributed by atoms with Gasteiger partial charge < -0.3 is 21.7 Å². The van der Waals surface area contributed by atoms with Crippen molar-refractivity contribution >= 4 is 11.9 Å². The summed E-state index contributed by atoms with van der Waals surface area (Å²) in [7, 11) is 0. The lowest BCUT2D eigenvalue weighted by Crippen LogP contribution is -2.56. The van der Waals surface area contributed by atoms with Crippen LogP contribution in [0.3, 0.4) is 0 Å². The predicted molar refractivity (Wildman–Crippen MR) is 130 cm³/mol. The molecule has 3 amide bonds. The summed E-state index contributed by atoms with van der Waals surface area (Å²) >= 11 is 0. The van der Waals surface area contributed by atoms with E-state index in [0.717, 1.165) is 25.7 Å². The molecule has 182 valence electrons. The third-order valence-electron chi connectivity index (χ3n) is 6.61. The van der Waals surface area contributed by atoms with E-state index in [-0.39, 0.29) is 23.4 Å². The Morgan fingerprint density at radius 1 is 0.774 bits per heavy atom. The first-order valence-corrected chi connectivity index (χ1v) is 12.9. The number of primary amides is 1. The lowest BCUT2D eigenvalue weighted by molar-refractivity contribution is -0.124. The predicted octanol–water partition coefficient (Wildman–Crippen LogP) is 5.01. The molecule has 0 spiro atoms. The average Bonchev–Trinajstić information content (AvgIpc) is 2.71. The van der Waals surface area contributed by atoms with E-state index in [0.29, 0.717) is 13.1 Å². The van der Waals surface area contributed by atoms with E-state index >= 15 is 0 Å². The van der Waals surface area contributed by atoms with Crippen molar-refractivity contribution in [2.75, 3.05) is 13.1 Å². The number of nitrogens with one attached hydrogen (secondary N) is 3. The highest BCUT2D eigenvalue weighted by Gasteiger charge is 2.31. The first-order chi connectivity index (χ1) is 14.8. The molecule has 0 saturated heterocycles. The normalized spacial score (nSPS) is 19.9. The number of hydrogen-bond acceptors (Lipinski definition) is 3. The molecule has 0 aromatic carbocycles. The summed E-state index contributed by atoms with van der Waals surface area (Å²) in [6.45, 7) is 7.76. The second kappa shape index (κ2) is 16.3. The number of nitrogens with two attached hydrogens (primary N) is 1. The van der Waals surface area contributed by atoms with E-state index in [1.807, 2.05) is 0 Å². The summed E-state index contributed by atoms with van der Waals surface area (Å²) in [6.07, 6.45) is 18.6. The molecule has 6 nitrogen and oxygen atoms in total. The standard InChI is InChI=1S/C25H50N4O2/c1-21(2)22(23(30)27-19-15-16-20-28-24(26)31)29-25(3)17-13-11-9-7-5-4-6-8-10-12-14-18-25/h21-22,29H,4-20H2,1-3H3,(H,27,30)(H3,26,28,31)/t22-/m0/s1. The average molecular weight is 439 g/mol. The van der Waals surface area contributed by atoms with Gasteiger partial charge in [-0.25, -0.2) is 4.79 Å². The van der Waals surface area contributed by atoms with Crippen molar-refractivity contribution in [3.8, 4) is 0 Å². The smallest absolute Gasteiger partial charge is 0.312 e. The Labute approximate surface area is 191 Å². The van der Waals surface area contributed by atoms with Crippen molar-refractivity contribution in [2.24, 2.45) is 11.7 Å². The van der Waals surface area contributed by atoms with Crippen LogP contribution >= 0.6 is 0 Å². The van der Waals surface area contributed by atoms with E-state index in [1.54, 1.807) is 0 Å². The minimum absolute atomic E-state index is 0.0157. The number of unbranched alkanes of at least 4 members (excludes halogenated alkanes) is 1. The molecular formula is C25H50N4O2. The van der Waals surface area contributed by atoms with E-state index in [1.165, 1.54) is 70.6 Å². The molecule has 31 heavy (non-hydrogen) atoms. The van der Waals surface area contributed by atoms with Gasteiger partial charge in [-0.1, -0.05) is 84.5 Å². The minimum atomic E-state index is -0.496. The van der Waals surface area contributed by atoms with Crippen LogP contribution in [0.15, 0.2) is 0 Å². The second-order valence-electron chi connectivity index (χ2n) is 10.1. The summed E-state index contributed by atoms with van der Waals surface area (Å²) in [5, 5.41) is 9.47. The van der Waals surface area contributed by atoms with Gasteiger partial charge in [0.15, 0.2) is 0 Å². The summed E-state index contributed by atoms with van der Waals surface area (Å²) in [4.78, 5) is 23.7. The minimum Gasteiger partial charge on any atom is -0.355 e. The molecule has 0 aliphatic heterocycles. The number of urea groups is 1. The molecule has 1 aliphatic carbocycles. The van der Waals surface area contributed by atoms with Crippen molar-refractivity contribution in [2.45, 2.75) is 129 Å². The van der Waals surface area contributed by atoms with Crippen LogP contribution in [0.5, 0.6) is 0 Å². The fourth-order valence-corrected chi connectivity index (χ4v) is 4.58. The SMILES string of the molecule is CC(C)[C@H](NC1(C)CCCCCCCCCCCCC1)C(=O)NCCCCNC(N)=O. The lowest BCUT2D eigenvalue weighted by Gasteiger charge is -2.37. The third kappa shape index (κ3) is 13.7. The molecule has 6 heteroatoms. The molecule has 0 bridgehead atoms. The molecule has 1 saturated carbocycles. The highest BCUT2D eigenvalue weighted by Crippen LogP contribution is 2.26. The molecule has 5 N–H and O–H groups in total. The third-order valence-corrected chi connectivity index (χ3v) is 6.61. The molecule has 1 aliphatic rings. The highest BCUT2D eigenvalue weighted by atomic mass is 16.2. The molecule has 0 unspecified atom stereocenters. The maximum absolute atomic E-state index is 12.9. The van der Waals surface area contributed by atoms with Gasteiger partial charge in [0.05, 0.1) is 6.04 Å². The van der Waals surface area contributed by atoms with Gasteiger partial charge in [-0.05, 0) is 38.5 Å². The van der Waals surface area contributed by atoms with E-state index in [2.05, 4.69) is 36.7 Å². The monoisotopic (exact) mass is 438 g/mol. The highest BCUT2D eigenvalue weighted by molar-refractivity contribution is 5.82. The molecule has 0 radical (unpaired) electrons. The van der Waals surface area contributed by atoms with Gasteiger partial charge in [0, 0.05) is 18.6 Å². The maximum atomic E-state index is 12.9. The molecule has 1 rings (SSSR count). The quantitative estimate of drug-likeness (QED) is 0.381. The molecular weight excluding hydrogens is 388 g/mol. The topological polar surface area (TPSA) is 96.2 Å². The van der Waals surface area contributed by atoms with Crippen LogP contribution in [0.2, 0.25) is 0 Å². The van der Waals surface area contributed by atoms with Crippen LogP contribution < -0.4 is 21.7 Å². The number of carbonyl (C=O) groups excluding carboxylic acids is 2. The van der Waals surface area contributed by atoms with E-state index in [9.17, 15) is 9.59 Å². The molecule has 0 aromatic heterocycles. The van der Waals surface area contributed by atoms with Gasteiger partial charge in [0.25, 0.3) is 0 Å². The van der Waals surface area contributed by atoms with Gasteiger partial charge in [-0.15, -0.1) is 0 Å².